The number of benzene rings is 1. The molecule has 0 bridgehead atoms. The van der Waals surface area contributed by atoms with E-state index in [1.165, 1.54) is 6.07 Å². The SMILES string of the molecule is CCOCc1nc(N)cc(Oc2ccccc2C#N)n1. The quantitative estimate of drug-likeness (QED) is 0.895. The molecule has 0 saturated heterocycles. The van der Waals surface area contributed by atoms with Gasteiger partial charge in [-0.2, -0.15) is 10.2 Å². The molecule has 0 radical (unpaired) electrons. The smallest absolute Gasteiger partial charge is 0.224 e. The minimum atomic E-state index is 0.262. The van der Waals surface area contributed by atoms with Gasteiger partial charge in [-0.05, 0) is 19.1 Å². The number of rotatable bonds is 5. The summed E-state index contributed by atoms with van der Waals surface area (Å²) < 4.78 is 10.8. The Morgan fingerprint density at radius 1 is 1.30 bits per heavy atom. The van der Waals surface area contributed by atoms with Crippen LogP contribution < -0.4 is 10.5 Å². The van der Waals surface area contributed by atoms with E-state index in [-0.39, 0.29) is 12.5 Å². The summed E-state index contributed by atoms with van der Waals surface area (Å²) >= 11 is 0. The molecule has 1 aromatic carbocycles. The molecule has 0 atom stereocenters. The molecule has 102 valence electrons. The van der Waals surface area contributed by atoms with Crippen LogP contribution in [0.15, 0.2) is 30.3 Å². The number of nitrogen functional groups attached to an aromatic ring is 1. The van der Waals surface area contributed by atoms with E-state index in [1.54, 1.807) is 24.3 Å². The second-order valence-corrected chi connectivity index (χ2v) is 3.89. The standard InChI is InChI=1S/C14H14N4O2/c1-2-19-9-13-17-12(16)7-14(18-13)20-11-6-4-3-5-10(11)8-15/h3-7H,2,9H2,1H3,(H2,16,17,18). The van der Waals surface area contributed by atoms with Crippen molar-refractivity contribution >= 4 is 5.82 Å². The summed E-state index contributed by atoms with van der Waals surface area (Å²) in [6.07, 6.45) is 0. The first-order valence-electron chi connectivity index (χ1n) is 6.11. The molecule has 0 aliphatic rings. The number of aromatic nitrogens is 2. The first-order chi connectivity index (χ1) is 9.72. The molecular formula is C14H14N4O2. The minimum absolute atomic E-state index is 0.262. The lowest BCUT2D eigenvalue weighted by molar-refractivity contribution is 0.128. The van der Waals surface area contributed by atoms with Crippen molar-refractivity contribution in [3.05, 3.63) is 41.7 Å². The first-order valence-corrected chi connectivity index (χ1v) is 6.11. The first kappa shape index (κ1) is 13.8. The van der Waals surface area contributed by atoms with Crippen molar-refractivity contribution in [3.8, 4) is 17.7 Å². The number of hydrogen-bond acceptors (Lipinski definition) is 6. The Morgan fingerprint density at radius 2 is 2.10 bits per heavy atom. The summed E-state index contributed by atoms with van der Waals surface area (Å²) in [4.78, 5) is 8.25. The molecule has 2 rings (SSSR count). The highest BCUT2D eigenvalue weighted by atomic mass is 16.5. The number of anilines is 1. The van der Waals surface area contributed by atoms with Gasteiger partial charge in [-0.25, -0.2) is 4.98 Å². The van der Waals surface area contributed by atoms with Gasteiger partial charge in [0.1, 0.15) is 24.2 Å². The molecule has 0 saturated carbocycles. The molecule has 0 spiro atoms. The summed E-state index contributed by atoms with van der Waals surface area (Å²) in [7, 11) is 0. The fourth-order valence-corrected chi connectivity index (χ4v) is 1.56. The van der Waals surface area contributed by atoms with Gasteiger partial charge in [0.15, 0.2) is 5.82 Å². The van der Waals surface area contributed by atoms with E-state index in [4.69, 9.17) is 20.5 Å². The van der Waals surface area contributed by atoms with Crippen molar-refractivity contribution in [2.24, 2.45) is 0 Å². The van der Waals surface area contributed by atoms with Crippen molar-refractivity contribution in [3.63, 3.8) is 0 Å². The second-order valence-electron chi connectivity index (χ2n) is 3.89. The number of hydrogen-bond donors (Lipinski definition) is 1. The van der Waals surface area contributed by atoms with Crippen molar-refractivity contribution in [2.75, 3.05) is 12.3 Å². The Morgan fingerprint density at radius 3 is 2.85 bits per heavy atom. The minimum Gasteiger partial charge on any atom is -0.437 e. The number of nitrogens with zero attached hydrogens (tertiary/aromatic N) is 3. The van der Waals surface area contributed by atoms with E-state index in [0.717, 1.165) is 0 Å². The Balaban J connectivity index is 2.25. The Hall–Kier alpha value is -2.65. The fraction of sp³-hybridized carbons (Fsp3) is 0.214. The lowest BCUT2D eigenvalue weighted by Crippen LogP contribution is -2.04. The lowest BCUT2D eigenvalue weighted by atomic mass is 10.2. The fourth-order valence-electron chi connectivity index (χ4n) is 1.56. The van der Waals surface area contributed by atoms with Crippen LogP contribution in [-0.2, 0) is 11.3 Å². The molecule has 6 heteroatoms. The molecule has 1 aromatic heterocycles. The molecule has 2 aromatic rings. The lowest BCUT2D eigenvalue weighted by Gasteiger charge is -2.08. The zero-order valence-corrected chi connectivity index (χ0v) is 11.0. The van der Waals surface area contributed by atoms with Gasteiger partial charge in [-0.1, -0.05) is 12.1 Å². The predicted molar refractivity (Wildman–Crippen MR) is 73.0 cm³/mol. The summed E-state index contributed by atoms with van der Waals surface area (Å²) in [6.45, 7) is 2.70. The van der Waals surface area contributed by atoms with E-state index in [9.17, 15) is 0 Å². The average molecular weight is 270 g/mol. The number of ether oxygens (including phenoxy) is 2. The van der Waals surface area contributed by atoms with Crippen molar-refractivity contribution in [2.45, 2.75) is 13.5 Å². The monoisotopic (exact) mass is 270 g/mol. The highest BCUT2D eigenvalue weighted by molar-refractivity contribution is 5.45. The third kappa shape index (κ3) is 3.43. The summed E-state index contributed by atoms with van der Waals surface area (Å²) in [5, 5.41) is 9.01. The van der Waals surface area contributed by atoms with Gasteiger partial charge < -0.3 is 15.2 Å². The Bertz CT molecular complexity index is 637. The maximum absolute atomic E-state index is 9.01. The maximum Gasteiger partial charge on any atom is 0.224 e. The highest BCUT2D eigenvalue weighted by Crippen LogP contribution is 2.24. The molecule has 0 fully saturated rings. The van der Waals surface area contributed by atoms with Crippen LogP contribution in [0.1, 0.15) is 18.3 Å². The zero-order valence-electron chi connectivity index (χ0n) is 11.0. The molecule has 6 nitrogen and oxygen atoms in total. The van der Waals surface area contributed by atoms with Crippen LogP contribution in [0.3, 0.4) is 0 Å². The van der Waals surface area contributed by atoms with Gasteiger partial charge in [0.2, 0.25) is 5.88 Å². The summed E-state index contributed by atoms with van der Waals surface area (Å²) in [5.41, 5.74) is 6.13. The molecule has 0 unspecified atom stereocenters. The summed E-state index contributed by atoms with van der Waals surface area (Å²) in [6, 6.07) is 10.5. The zero-order chi connectivity index (χ0) is 14.4. The van der Waals surface area contributed by atoms with Crippen LogP contribution in [0.5, 0.6) is 11.6 Å². The largest absolute Gasteiger partial charge is 0.437 e. The molecule has 20 heavy (non-hydrogen) atoms. The van der Waals surface area contributed by atoms with Gasteiger partial charge in [0, 0.05) is 12.7 Å². The van der Waals surface area contributed by atoms with E-state index >= 15 is 0 Å². The van der Waals surface area contributed by atoms with E-state index in [2.05, 4.69) is 16.0 Å². The predicted octanol–water partition coefficient (Wildman–Crippen LogP) is 2.26. The van der Waals surface area contributed by atoms with Crippen LogP contribution in [0.4, 0.5) is 5.82 Å². The van der Waals surface area contributed by atoms with Gasteiger partial charge >= 0.3 is 0 Å². The van der Waals surface area contributed by atoms with Crippen LogP contribution in [0.25, 0.3) is 0 Å². The summed E-state index contributed by atoms with van der Waals surface area (Å²) in [5.74, 6) is 1.45. The van der Waals surface area contributed by atoms with Crippen LogP contribution >= 0.6 is 0 Å². The highest BCUT2D eigenvalue weighted by Gasteiger charge is 2.08. The van der Waals surface area contributed by atoms with Gasteiger partial charge in [0.25, 0.3) is 0 Å². The maximum atomic E-state index is 9.01. The number of nitriles is 1. The van der Waals surface area contributed by atoms with E-state index in [0.29, 0.717) is 29.6 Å². The average Bonchev–Trinajstić information content (AvgIpc) is 2.45. The Kier molecular flexibility index (Phi) is 4.47. The normalized spacial score (nSPS) is 10.0. The molecule has 0 aliphatic carbocycles. The van der Waals surface area contributed by atoms with Gasteiger partial charge in [-0.15, -0.1) is 0 Å². The number of para-hydroxylation sites is 1. The van der Waals surface area contributed by atoms with Crippen LogP contribution in [-0.4, -0.2) is 16.6 Å². The van der Waals surface area contributed by atoms with Crippen molar-refractivity contribution < 1.29 is 9.47 Å². The topological polar surface area (TPSA) is 94.0 Å². The van der Waals surface area contributed by atoms with Gasteiger partial charge in [-0.3, -0.25) is 0 Å². The molecule has 1 heterocycles. The molecular weight excluding hydrogens is 256 g/mol. The van der Waals surface area contributed by atoms with E-state index < -0.39 is 0 Å². The third-order valence-electron chi connectivity index (χ3n) is 2.43. The molecule has 0 amide bonds. The van der Waals surface area contributed by atoms with Crippen molar-refractivity contribution in [1.82, 2.24) is 9.97 Å². The second kappa shape index (κ2) is 6.50. The van der Waals surface area contributed by atoms with E-state index in [1.807, 2.05) is 6.92 Å². The molecule has 0 aliphatic heterocycles. The number of nitrogens with two attached hydrogens (primary N) is 1. The van der Waals surface area contributed by atoms with Crippen molar-refractivity contribution in [1.29, 1.82) is 5.26 Å². The molecule has 2 N–H and O–H groups in total. The van der Waals surface area contributed by atoms with Gasteiger partial charge in [0.05, 0.1) is 5.56 Å². The van der Waals surface area contributed by atoms with Crippen LogP contribution in [0.2, 0.25) is 0 Å². The third-order valence-corrected chi connectivity index (χ3v) is 2.43. The van der Waals surface area contributed by atoms with Crippen LogP contribution in [0, 0.1) is 11.3 Å². The Labute approximate surface area is 116 Å².